The van der Waals surface area contributed by atoms with E-state index >= 15 is 0 Å². The zero-order chi connectivity index (χ0) is 22.1. The first-order valence-electron chi connectivity index (χ1n) is 10.7. The normalized spacial score (nSPS) is 14.4. The second-order valence-corrected chi connectivity index (χ2v) is 7.11. The van der Waals surface area contributed by atoms with Crippen LogP contribution in [0.2, 0.25) is 0 Å². The molecule has 2 aromatic rings. The molecule has 0 amide bonds. The summed E-state index contributed by atoms with van der Waals surface area (Å²) < 4.78 is 22.1. The monoisotopic (exact) mass is 423 g/mol. The highest BCUT2D eigenvalue weighted by atomic mass is 16.6. The molecule has 6 nitrogen and oxygen atoms in total. The van der Waals surface area contributed by atoms with E-state index in [0.717, 1.165) is 24.2 Å². The predicted octanol–water partition coefficient (Wildman–Crippen LogP) is 5.40. The molecule has 0 aliphatic carbocycles. The first-order valence-corrected chi connectivity index (χ1v) is 10.7. The van der Waals surface area contributed by atoms with E-state index in [4.69, 9.17) is 18.9 Å². The second kappa shape index (κ2) is 11.2. The number of esters is 1. The van der Waals surface area contributed by atoms with Crippen molar-refractivity contribution >= 4 is 17.9 Å². The molecule has 1 aliphatic rings. The Morgan fingerprint density at radius 2 is 1.77 bits per heavy atom. The summed E-state index contributed by atoms with van der Waals surface area (Å²) in [6, 6.07) is 12.8. The lowest BCUT2D eigenvalue weighted by atomic mass is 10.1. The molecule has 0 saturated heterocycles. The number of ether oxygens (including phenoxy) is 4. The van der Waals surface area contributed by atoms with Crippen LogP contribution in [0.15, 0.2) is 53.2 Å². The Bertz CT molecular complexity index is 947. The number of carbonyl (C=O) groups excluding carboxylic acids is 1. The SMILES string of the molecule is CCCCCCOc1ccc(/C=C2/N=C(c3ccc(OC)cc3)OC2=O)cc1OCC. The van der Waals surface area contributed by atoms with E-state index in [9.17, 15) is 4.79 Å². The Morgan fingerprint density at radius 3 is 2.48 bits per heavy atom. The van der Waals surface area contributed by atoms with Gasteiger partial charge in [0.25, 0.3) is 0 Å². The topological polar surface area (TPSA) is 66.3 Å². The molecule has 1 heterocycles. The first kappa shape index (κ1) is 22.4. The van der Waals surface area contributed by atoms with Gasteiger partial charge < -0.3 is 18.9 Å². The summed E-state index contributed by atoms with van der Waals surface area (Å²) >= 11 is 0. The van der Waals surface area contributed by atoms with Crippen molar-refractivity contribution in [3.63, 3.8) is 0 Å². The van der Waals surface area contributed by atoms with Gasteiger partial charge in [-0.2, -0.15) is 0 Å². The van der Waals surface area contributed by atoms with Crippen molar-refractivity contribution in [2.24, 2.45) is 4.99 Å². The van der Waals surface area contributed by atoms with Gasteiger partial charge >= 0.3 is 5.97 Å². The van der Waals surface area contributed by atoms with E-state index < -0.39 is 5.97 Å². The number of hydrogen-bond acceptors (Lipinski definition) is 6. The summed E-state index contributed by atoms with van der Waals surface area (Å²) in [5, 5.41) is 0. The van der Waals surface area contributed by atoms with Crippen LogP contribution in [0, 0.1) is 0 Å². The Hall–Kier alpha value is -3.28. The average Bonchev–Trinajstić information content (AvgIpc) is 3.15. The maximum atomic E-state index is 12.3. The van der Waals surface area contributed by atoms with Gasteiger partial charge in [-0.25, -0.2) is 9.79 Å². The van der Waals surface area contributed by atoms with Gasteiger partial charge in [-0.15, -0.1) is 0 Å². The largest absolute Gasteiger partial charge is 0.497 e. The van der Waals surface area contributed by atoms with Crippen LogP contribution in [-0.2, 0) is 9.53 Å². The Kier molecular flexibility index (Phi) is 8.10. The van der Waals surface area contributed by atoms with Crippen LogP contribution in [0.4, 0.5) is 0 Å². The molecule has 0 spiro atoms. The van der Waals surface area contributed by atoms with Gasteiger partial charge in [-0.1, -0.05) is 32.3 Å². The molecular formula is C25H29NO5. The molecule has 0 saturated carbocycles. The lowest BCUT2D eigenvalue weighted by Crippen LogP contribution is -2.05. The minimum atomic E-state index is -0.486. The van der Waals surface area contributed by atoms with Crippen LogP contribution < -0.4 is 14.2 Å². The molecule has 0 radical (unpaired) electrons. The standard InChI is InChI=1S/C25H29NO5/c1-4-6-7-8-15-30-22-14-9-18(17-23(22)29-5-2)16-21-25(27)31-24(26-21)19-10-12-20(28-3)13-11-19/h9-14,16-17H,4-8,15H2,1-3H3/b21-16+. The maximum absolute atomic E-state index is 12.3. The van der Waals surface area contributed by atoms with Crippen LogP contribution in [0.1, 0.15) is 50.7 Å². The van der Waals surface area contributed by atoms with Gasteiger partial charge in [0.1, 0.15) is 5.75 Å². The molecule has 0 bridgehead atoms. The molecule has 0 unspecified atom stereocenters. The van der Waals surface area contributed by atoms with E-state index in [-0.39, 0.29) is 11.6 Å². The van der Waals surface area contributed by atoms with Crippen LogP contribution in [0.3, 0.4) is 0 Å². The third kappa shape index (κ3) is 6.10. The summed E-state index contributed by atoms with van der Waals surface area (Å²) in [4.78, 5) is 16.7. The molecule has 0 N–H and O–H groups in total. The zero-order valence-electron chi connectivity index (χ0n) is 18.3. The van der Waals surface area contributed by atoms with Crippen LogP contribution in [-0.4, -0.2) is 32.2 Å². The van der Waals surface area contributed by atoms with Gasteiger partial charge in [0, 0.05) is 5.56 Å². The lowest BCUT2D eigenvalue weighted by molar-refractivity contribution is -0.129. The molecule has 0 atom stereocenters. The molecular weight excluding hydrogens is 394 g/mol. The minimum absolute atomic E-state index is 0.238. The molecule has 31 heavy (non-hydrogen) atoms. The summed E-state index contributed by atoms with van der Waals surface area (Å²) in [5.41, 5.74) is 1.73. The van der Waals surface area contributed by atoms with Crippen molar-refractivity contribution in [1.82, 2.24) is 0 Å². The average molecular weight is 424 g/mol. The number of unbranched alkanes of at least 4 members (excludes halogenated alkanes) is 3. The Morgan fingerprint density at radius 1 is 0.968 bits per heavy atom. The molecule has 164 valence electrons. The molecule has 3 rings (SSSR count). The van der Waals surface area contributed by atoms with Gasteiger partial charge in [0.15, 0.2) is 17.2 Å². The van der Waals surface area contributed by atoms with E-state index in [0.29, 0.717) is 30.3 Å². The molecule has 2 aromatic carbocycles. The van der Waals surface area contributed by atoms with Crippen molar-refractivity contribution in [2.75, 3.05) is 20.3 Å². The van der Waals surface area contributed by atoms with E-state index in [1.165, 1.54) is 12.8 Å². The van der Waals surface area contributed by atoms with Crippen LogP contribution in [0.25, 0.3) is 6.08 Å². The van der Waals surface area contributed by atoms with Gasteiger partial charge in [-0.05, 0) is 61.4 Å². The van der Waals surface area contributed by atoms with Crippen molar-refractivity contribution in [3.8, 4) is 17.2 Å². The van der Waals surface area contributed by atoms with Gasteiger partial charge in [0.2, 0.25) is 5.90 Å². The third-order valence-electron chi connectivity index (χ3n) is 4.78. The smallest absolute Gasteiger partial charge is 0.363 e. The Labute approximate surface area is 183 Å². The number of benzene rings is 2. The van der Waals surface area contributed by atoms with E-state index in [1.807, 2.05) is 25.1 Å². The number of nitrogens with zero attached hydrogens (tertiary/aromatic N) is 1. The summed E-state index contributed by atoms with van der Waals surface area (Å²) in [5.74, 6) is 1.87. The van der Waals surface area contributed by atoms with E-state index in [2.05, 4.69) is 11.9 Å². The fourth-order valence-corrected chi connectivity index (χ4v) is 3.14. The molecule has 1 aliphatic heterocycles. The van der Waals surface area contributed by atoms with Crippen LogP contribution in [0.5, 0.6) is 17.2 Å². The highest BCUT2D eigenvalue weighted by Crippen LogP contribution is 2.30. The number of hydrogen-bond donors (Lipinski definition) is 0. The number of cyclic esters (lactones) is 1. The van der Waals surface area contributed by atoms with Crippen molar-refractivity contribution in [3.05, 3.63) is 59.3 Å². The number of aliphatic imine (C=N–C) groups is 1. The summed E-state index contributed by atoms with van der Waals surface area (Å²) in [6.07, 6.45) is 6.26. The van der Waals surface area contributed by atoms with E-state index in [1.54, 1.807) is 37.5 Å². The predicted molar refractivity (Wildman–Crippen MR) is 121 cm³/mol. The van der Waals surface area contributed by atoms with Gasteiger partial charge in [-0.3, -0.25) is 0 Å². The summed E-state index contributed by atoms with van der Waals surface area (Å²) in [6.45, 7) is 5.29. The maximum Gasteiger partial charge on any atom is 0.363 e. The fourth-order valence-electron chi connectivity index (χ4n) is 3.14. The first-order chi connectivity index (χ1) is 15.1. The molecule has 0 fully saturated rings. The Balaban J connectivity index is 1.75. The molecule has 0 aromatic heterocycles. The highest BCUT2D eigenvalue weighted by Gasteiger charge is 2.24. The van der Waals surface area contributed by atoms with Crippen LogP contribution >= 0.6 is 0 Å². The van der Waals surface area contributed by atoms with Crippen molar-refractivity contribution < 1.29 is 23.7 Å². The number of carbonyl (C=O) groups is 1. The quantitative estimate of drug-likeness (QED) is 0.275. The number of rotatable bonds is 11. The highest BCUT2D eigenvalue weighted by molar-refractivity contribution is 6.12. The lowest BCUT2D eigenvalue weighted by Gasteiger charge is -2.12. The number of methoxy groups -OCH3 is 1. The zero-order valence-corrected chi connectivity index (χ0v) is 18.3. The summed E-state index contributed by atoms with van der Waals surface area (Å²) in [7, 11) is 1.60. The second-order valence-electron chi connectivity index (χ2n) is 7.11. The fraction of sp³-hybridized carbons (Fsp3) is 0.360. The van der Waals surface area contributed by atoms with Crippen molar-refractivity contribution in [1.29, 1.82) is 0 Å². The minimum Gasteiger partial charge on any atom is -0.497 e. The van der Waals surface area contributed by atoms with Gasteiger partial charge in [0.05, 0.1) is 20.3 Å². The molecule has 6 heteroatoms. The third-order valence-corrected chi connectivity index (χ3v) is 4.78. The van der Waals surface area contributed by atoms with Crippen molar-refractivity contribution in [2.45, 2.75) is 39.5 Å².